The van der Waals surface area contributed by atoms with Crippen molar-refractivity contribution in [3.8, 4) is 0 Å². The third-order valence-corrected chi connectivity index (χ3v) is 6.39. The van der Waals surface area contributed by atoms with Crippen molar-refractivity contribution in [2.24, 2.45) is 17.3 Å². The van der Waals surface area contributed by atoms with E-state index < -0.39 is 0 Å². The average molecular weight is 346 g/mol. The van der Waals surface area contributed by atoms with E-state index in [2.05, 4.69) is 15.9 Å². The summed E-state index contributed by atoms with van der Waals surface area (Å²) in [5.41, 5.74) is 0.109. The van der Waals surface area contributed by atoms with Crippen LogP contribution in [0.2, 0.25) is 0 Å². The molecule has 0 radical (unpaired) electrons. The minimum Gasteiger partial charge on any atom is -0.465 e. The van der Waals surface area contributed by atoms with Crippen molar-refractivity contribution in [3.05, 3.63) is 23.7 Å². The quantitative estimate of drug-likeness (QED) is 0.794. The lowest BCUT2D eigenvalue weighted by Crippen LogP contribution is -2.45. The first-order chi connectivity index (χ1) is 12.1. The van der Waals surface area contributed by atoms with Crippen LogP contribution in [0.5, 0.6) is 0 Å². The van der Waals surface area contributed by atoms with Gasteiger partial charge in [-0.25, -0.2) is 0 Å². The van der Waals surface area contributed by atoms with Crippen molar-refractivity contribution < 1.29 is 13.9 Å². The van der Waals surface area contributed by atoms with E-state index in [1.807, 2.05) is 13.0 Å². The van der Waals surface area contributed by atoms with E-state index in [4.69, 9.17) is 9.15 Å². The highest BCUT2D eigenvalue weighted by atomic mass is 16.5. The summed E-state index contributed by atoms with van der Waals surface area (Å²) in [6.45, 7) is 7.40. The van der Waals surface area contributed by atoms with Crippen molar-refractivity contribution in [1.29, 1.82) is 0 Å². The normalized spacial score (nSPS) is 26.7. The number of furan rings is 1. The second-order valence-electron chi connectivity index (χ2n) is 8.32. The third-order valence-electron chi connectivity index (χ3n) is 6.39. The van der Waals surface area contributed by atoms with Gasteiger partial charge in [-0.05, 0) is 63.7 Å². The van der Waals surface area contributed by atoms with Gasteiger partial charge in [0.1, 0.15) is 11.5 Å². The highest BCUT2D eigenvalue weighted by Gasteiger charge is 2.53. The molecule has 138 valence electrons. The summed E-state index contributed by atoms with van der Waals surface area (Å²) >= 11 is 0. The number of ether oxygens (including phenoxy) is 1. The highest BCUT2D eigenvalue weighted by Crippen LogP contribution is 2.47. The van der Waals surface area contributed by atoms with Gasteiger partial charge in [0, 0.05) is 25.6 Å². The fourth-order valence-electron chi connectivity index (χ4n) is 4.69. The molecule has 1 aromatic rings. The lowest BCUT2D eigenvalue weighted by molar-refractivity contribution is -0.133. The maximum atomic E-state index is 12.9. The van der Waals surface area contributed by atoms with E-state index in [-0.39, 0.29) is 11.3 Å². The molecule has 3 heterocycles. The van der Waals surface area contributed by atoms with Crippen LogP contribution in [0.25, 0.3) is 0 Å². The van der Waals surface area contributed by atoms with Gasteiger partial charge in [0.15, 0.2) is 0 Å². The molecular formula is C20H30N2O3. The zero-order valence-electron chi connectivity index (χ0n) is 15.5. The molecular weight excluding hydrogens is 316 g/mol. The number of likely N-dealkylation sites (tertiary alicyclic amines) is 2. The number of methoxy groups -OCH3 is 1. The van der Waals surface area contributed by atoms with Crippen LogP contribution in [0.3, 0.4) is 0 Å². The number of aryl methyl sites for hydroxylation is 1. The Kier molecular flexibility index (Phi) is 4.63. The summed E-state index contributed by atoms with van der Waals surface area (Å²) in [6, 6.07) is 4.10. The number of carbonyl (C=O) groups is 1. The van der Waals surface area contributed by atoms with E-state index in [1.54, 1.807) is 7.11 Å². The second-order valence-corrected chi connectivity index (χ2v) is 8.32. The van der Waals surface area contributed by atoms with Crippen LogP contribution >= 0.6 is 0 Å². The molecule has 1 saturated carbocycles. The molecule has 1 amide bonds. The molecule has 5 heteroatoms. The second kappa shape index (κ2) is 6.76. The first-order valence-corrected chi connectivity index (χ1v) is 9.65. The topological polar surface area (TPSA) is 45.9 Å². The number of amides is 1. The minimum absolute atomic E-state index is 0.0456. The zero-order chi connectivity index (χ0) is 17.4. The van der Waals surface area contributed by atoms with Gasteiger partial charge in [0.2, 0.25) is 5.91 Å². The number of nitrogens with zero attached hydrogens (tertiary/aromatic N) is 2. The van der Waals surface area contributed by atoms with Crippen LogP contribution < -0.4 is 0 Å². The minimum atomic E-state index is 0.0456. The van der Waals surface area contributed by atoms with Crippen LogP contribution in [0.1, 0.15) is 37.2 Å². The van der Waals surface area contributed by atoms with E-state index in [9.17, 15) is 4.79 Å². The lowest BCUT2D eigenvalue weighted by atomic mass is 9.71. The first kappa shape index (κ1) is 17.1. The van der Waals surface area contributed by atoms with E-state index in [1.165, 1.54) is 12.8 Å². The Morgan fingerprint density at radius 2 is 2.04 bits per heavy atom. The zero-order valence-corrected chi connectivity index (χ0v) is 15.5. The molecule has 1 atom stereocenters. The Balaban J connectivity index is 1.41. The van der Waals surface area contributed by atoms with Crippen LogP contribution in [-0.4, -0.2) is 55.6 Å². The van der Waals surface area contributed by atoms with Gasteiger partial charge >= 0.3 is 0 Å². The lowest BCUT2D eigenvalue weighted by Gasteiger charge is -2.41. The fourth-order valence-corrected chi connectivity index (χ4v) is 4.69. The van der Waals surface area contributed by atoms with Gasteiger partial charge in [-0.3, -0.25) is 9.69 Å². The van der Waals surface area contributed by atoms with Crippen LogP contribution in [-0.2, 0) is 16.1 Å². The highest BCUT2D eigenvalue weighted by molar-refractivity contribution is 5.82. The Bertz CT molecular complexity index is 614. The molecule has 3 aliphatic rings. The monoisotopic (exact) mass is 346 g/mol. The summed E-state index contributed by atoms with van der Waals surface area (Å²) in [5, 5.41) is 0. The molecule has 2 aliphatic heterocycles. The van der Waals surface area contributed by atoms with Crippen molar-refractivity contribution in [3.63, 3.8) is 0 Å². The van der Waals surface area contributed by atoms with Crippen LogP contribution in [0.15, 0.2) is 16.5 Å². The van der Waals surface area contributed by atoms with Crippen LogP contribution in [0, 0.1) is 24.2 Å². The van der Waals surface area contributed by atoms with Gasteiger partial charge in [-0.2, -0.15) is 0 Å². The van der Waals surface area contributed by atoms with Crippen molar-refractivity contribution in [2.75, 3.05) is 39.9 Å². The van der Waals surface area contributed by atoms with Gasteiger partial charge < -0.3 is 14.1 Å². The average Bonchev–Trinajstić information content (AvgIpc) is 3.27. The maximum absolute atomic E-state index is 12.9. The van der Waals surface area contributed by atoms with Gasteiger partial charge in [-0.15, -0.1) is 0 Å². The predicted octanol–water partition coefficient (Wildman–Crippen LogP) is 2.69. The third kappa shape index (κ3) is 3.49. The summed E-state index contributed by atoms with van der Waals surface area (Å²) in [4.78, 5) is 17.5. The van der Waals surface area contributed by atoms with Crippen molar-refractivity contribution in [2.45, 2.75) is 39.2 Å². The molecule has 4 rings (SSSR count). The van der Waals surface area contributed by atoms with Gasteiger partial charge in [-0.1, -0.05) is 0 Å². The molecule has 0 aromatic carbocycles. The molecule has 1 unspecified atom stereocenters. The summed E-state index contributed by atoms with van der Waals surface area (Å²) < 4.78 is 11.2. The molecule has 3 fully saturated rings. The summed E-state index contributed by atoms with van der Waals surface area (Å²) in [6.07, 6.45) is 4.74. The maximum Gasteiger partial charge on any atom is 0.228 e. The van der Waals surface area contributed by atoms with E-state index in [0.717, 1.165) is 63.0 Å². The molecule has 1 aromatic heterocycles. The summed E-state index contributed by atoms with van der Waals surface area (Å²) in [5.74, 6) is 3.15. The van der Waals surface area contributed by atoms with E-state index in [0.29, 0.717) is 12.5 Å². The molecule has 25 heavy (non-hydrogen) atoms. The van der Waals surface area contributed by atoms with Crippen molar-refractivity contribution >= 4 is 5.91 Å². The number of rotatable bonds is 6. The largest absolute Gasteiger partial charge is 0.465 e. The Labute approximate surface area is 150 Å². The number of piperidine rings is 1. The Morgan fingerprint density at radius 3 is 2.64 bits per heavy atom. The number of hydrogen-bond donors (Lipinski definition) is 0. The predicted molar refractivity (Wildman–Crippen MR) is 95.1 cm³/mol. The molecule has 1 spiro atoms. The Hall–Kier alpha value is -1.33. The molecule has 0 bridgehead atoms. The van der Waals surface area contributed by atoms with E-state index >= 15 is 0 Å². The number of hydrogen-bond acceptors (Lipinski definition) is 4. The van der Waals surface area contributed by atoms with Crippen molar-refractivity contribution in [1.82, 2.24) is 9.80 Å². The summed E-state index contributed by atoms with van der Waals surface area (Å²) in [7, 11) is 1.72. The molecule has 0 N–H and O–H groups in total. The molecule has 1 aliphatic carbocycles. The molecule has 2 saturated heterocycles. The fraction of sp³-hybridized carbons (Fsp3) is 0.750. The van der Waals surface area contributed by atoms with Crippen LogP contribution in [0.4, 0.5) is 0 Å². The first-order valence-electron chi connectivity index (χ1n) is 9.65. The number of carbonyl (C=O) groups excluding carboxylic acids is 1. The molecule has 5 nitrogen and oxygen atoms in total. The standard InChI is InChI=1S/C20H30N2O3/c1-15-3-6-17(25-15)12-21-9-7-20(8-10-21)14-22(11-16-4-5-16)19(23)18(20)13-24-2/h3,6,16,18H,4-5,7-14H2,1-2H3. The Morgan fingerprint density at radius 1 is 1.28 bits per heavy atom. The van der Waals surface area contributed by atoms with Gasteiger partial charge in [0.25, 0.3) is 0 Å². The smallest absolute Gasteiger partial charge is 0.228 e. The van der Waals surface area contributed by atoms with Gasteiger partial charge in [0.05, 0.1) is 19.1 Å². The SMILES string of the molecule is COCC1C(=O)N(CC2CC2)CC12CCN(Cc1ccc(C)o1)CC2.